The van der Waals surface area contributed by atoms with Crippen LogP contribution in [0.2, 0.25) is 5.02 Å². The second kappa shape index (κ2) is 9.42. The Morgan fingerprint density at radius 3 is 2.44 bits per heavy atom. The minimum atomic E-state index is -4.44. The molecule has 0 radical (unpaired) electrons. The Bertz CT molecular complexity index is 1200. The number of nitrogens with one attached hydrogen (secondary N) is 2. The van der Waals surface area contributed by atoms with Crippen LogP contribution in [0.3, 0.4) is 0 Å². The van der Waals surface area contributed by atoms with Gasteiger partial charge in [0.25, 0.3) is 11.8 Å². The normalized spacial score (nSPS) is 26.8. The van der Waals surface area contributed by atoms with Crippen LogP contribution in [0.1, 0.15) is 52.0 Å². The summed E-state index contributed by atoms with van der Waals surface area (Å²) < 4.78 is 43.9. The molecule has 2 fully saturated rings. The molecule has 1 aliphatic heterocycles. The number of amides is 2. The standard InChI is InChI=1S/C26H24ClF3N2O4/c27-18-5-6-22-19(10-18)21(33)11-23(36-22)25(35)32-20-9-14-7-15(20)8-16(14)12-31-24(34)13-1-3-17(4-2-13)26(28,29)30/h1-6,10,14-16,20,23H,7-9,11-12H2,(H,31,34)(H,32,35)/t14-,15-,16-,20+,23?/m0/s1. The largest absolute Gasteiger partial charge is 0.479 e. The maximum absolute atomic E-state index is 12.9. The highest BCUT2D eigenvalue weighted by Crippen LogP contribution is 2.48. The molecule has 1 heterocycles. The lowest BCUT2D eigenvalue weighted by Crippen LogP contribution is -2.48. The summed E-state index contributed by atoms with van der Waals surface area (Å²) in [5.74, 6) is 0.280. The van der Waals surface area contributed by atoms with E-state index >= 15 is 0 Å². The molecule has 1 unspecified atom stereocenters. The zero-order valence-corrected chi connectivity index (χ0v) is 19.9. The summed E-state index contributed by atoms with van der Waals surface area (Å²) in [6, 6.07) is 8.88. The number of carbonyl (C=O) groups is 3. The van der Waals surface area contributed by atoms with Crippen LogP contribution in [0.5, 0.6) is 5.75 Å². The van der Waals surface area contributed by atoms with Gasteiger partial charge in [0.05, 0.1) is 17.5 Å². The van der Waals surface area contributed by atoms with Gasteiger partial charge in [0, 0.05) is 23.2 Å². The fourth-order valence-corrected chi connectivity index (χ4v) is 5.85. The molecule has 2 bridgehead atoms. The Morgan fingerprint density at radius 1 is 1.03 bits per heavy atom. The van der Waals surface area contributed by atoms with E-state index in [1.54, 1.807) is 18.2 Å². The van der Waals surface area contributed by atoms with Crippen LogP contribution >= 0.6 is 11.6 Å². The van der Waals surface area contributed by atoms with Crippen molar-refractivity contribution in [2.45, 2.75) is 44.0 Å². The van der Waals surface area contributed by atoms with Gasteiger partial charge in [-0.05, 0) is 79.5 Å². The van der Waals surface area contributed by atoms with Crippen LogP contribution in [-0.2, 0) is 11.0 Å². The van der Waals surface area contributed by atoms with E-state index in [0.29, 0.717) is 28.8 Å². The molecule has 2 N–H and O–H groups in total. The predicted octanol–water partition coefficient (Wildman–Crippen LogP) is 4.65. The minimum Gasteiger partial charge on any atom is -0.479 e. The summed E-state index contributed by atoms with van der Waals surface area (Å²) in [5, 5.41) is 6.32. The van der Waals surface area contributed by atoms with Gasteiger partial charge in [0.15, 0.2) is 11.9 Å². The van der Waals surface area contributed by atoms with Crippen LogP contribution in [0.4, 0.5) is 13.2 Å². The van der Waals surface area contributed by atoms with E-state index in [0.717, 1.165) is 31.4 Å². The summed E-state index contributed by atoms with van der Waals surface area (Å²) in [6.45, 7) is 0.432. The monoisotopic (exact) mass is 520 g/mol. The van der Waals surface area contributed by atoms with Crippen molar-refractivity contribution in [1.29, 1.82) is 0 Å². The molecule has 2 aliphatic carbocycles. The highest BCUT2D eigenvalue weighted by atomic mass is 35.5. The van der Waals surface area contributed by atoms with Crippen molar-refractivity contribution in [3.8, 4) is 5.75 Å². The Kier molecular flexibility index (Phi) is 6.44. The van der Waals surface area contributed by atoms with Crippen molar-refractivity contribution in [3.05, 3.63) is 64.2 Å². The first-order valence-corrected chi connectivity index (χ1v) is 12.2. The number of ether oxygens (including phenoxy) is 1. The number of Topliss-reactive ketones (excluding diaryl/α,β-unsaturated/α-hetero) is 1. The highest BCUT2D eigenvalue weighted by molar-refractivity contribution is 6.31. The molecule has 2 saturated carbocycles. The molecule has 2 aromatic carbocycles. The molecule has 5 atom stereocenters. The van der Waals surface area contributed by atoms with E-state index < -0.39 is 23.8 Å². The molecule has 10 heteroatoms. The van der Waals surface area contributed by atoms with E-state index in [1.807, 2.05) is 0 Å². The third-order valence-corrected chi connectivity index (χ3v) is 7.74. The fourth-order valence-electron chi connectivity index (χ4n) is 5.68. The first-order chi connectivity index (χ1) is 17.1. The summed E-state index contributed by atoms with van der Waals surface area (Å²) in [5.41, 5.74) is -0.230. The maximum atomic E-state index is 12.9. The van der Waals surface area contributed by atoms with Gasteiger partial charge in [-0.1, -0.05) is 11.6 Å². The summed E-state index contributed by atoms with van der Waals surface area (Å²) >= 11 is 5.95. The molecule has 6 nitrogen and oxygen atoms in total. The zero-order valence-electron chi connectivity index (χ0n) is 19.1. The molecule has 0 aromatic heterocycles. The van der Waals surface area contributed by atoms with Gasteiger partial charge in [-0.15, -0.1) is 0 Å². The summed E-state index contributed by atoms with van der Waals surface area (Å²) in [7, 11) is 0. The topological polar surface area (TPSA) is 84.5 Å². The van der Waals surface area contributed by atoms with Crippen molar-refractivity contribution in [2.24, 2.45) is 17.8 Å². The Labute approximate surface area is 210 Å². The van der Waals surface area contributed by atoms with Crippen LogP contribution in [0, 0.1) is 17.8 Å². The number of ketones is 1. The molecule has 3 aliphatic rings. The van der Waals surface area contributed by atoms with Gasteiger partial charge in [-0.2, -0.15) is 13.2 Å². The average molecular weight is 521 g/mol. The molecule has 5 rings (SSSR count). The van der Waals surface area contributed by atoms with Gasteiger partial charge < -0.3 is 15.4 Å². The van der Waals surface area contributed by atoms with Gasteiger partial charge in [-0.25, -0.2) is 0 Å². The number of hydrogen-bond acceptors (Lipinski definition) is 4. The van der Waals surface area contributed by atoms with Crippen LogP contribution in [-0.4, -0.2) is 36.3 Å². The zero-order chi connectivity index (χ0) is 25.6. The molecule has 0 spiro atoms. The molecule has 2 aromatic rings. The molecule has 0 saturated heterocycles. The third-order valence-electron chi connectivity index (χ3n) is 7.50. The summed E-state index contributed by atoms with van der Waals surface area (Å²) in [4.78, 5) is 37.7. The van der Waals surface area contributed by atoms with Crippen LogP contribution in [0.15, 0.2) is 42.5 Å². The molecular weight excluding hydrogens is 497 g/mol. The number of carbonyl (C=O) groups excluding carboxylic acids is 3. The SMILES string of the molecule is O=C(NC[C@@H]1C[C@@H]2C[C@H]1C[C@H]2NC(=O)C1CC(=O)c2cc(Cl)ccc2O1)c1ccc(C(F)(F)F)cc1. The first-order valence-electron chi connectivity index (χ1n) is 11.8. The first kappa shape index (κ1) is 24.6. The summed E-state index contributed by atoms with van der Waals surface area (Å²) in [6.07, 6.45) is -2.85. The second-order valence-electron chi connectivity index (χ2n) is 9.76. The predicted molar refractivity (Wildman–Crippen MR) is 125 cm³/mol. The molecule has 190 valence electrons. The highest BCUT2D eigenvalue weighted by Gasteiger charge is 2.47. The molecular formula is C26H24ClF3N2O4. The van der Waals surface area contributed by atoms with Crippen molar-refractivity contribution in [2.75, 3.05) is 6.54 Å². The van der Waals surface area contributed by atoms with Gasteiger partial charge in [0.2, 0.25) is 0 Å². The van der Waals surface area contributed by atoms with Crippen molar-refractivity contribution < 1.29 is 32.3 Å². The lowest BCUT2D eigenvalue weighted by Gasteiger charge is -2.31. The maximum Gasteiger partial charge on any atom is 0.416 e. The van der Waals surface area contributed by atoms with E-state index in [1.165, 1.54) is 12.1 Å². The van der Waals surface area contributed by atoms with E-state index in [-0.39, 0.29) is 41.6 Å². The van der Waals surface area contributed by atoms with E-state index in [2.05, 4.69) is 10.6 Å². The lowest BCUT2D eigenvalue weighted by atomic mass is 9.85. The Morgan fingerprint density at radius 2 is 1.78 bits per heavy atom. The average Bonchev–Trinajstić information content (AvgIpc) is 3.42. The van der Waals surface area contributed by atoms with Gasteiger partial charge in [-0.3, -0.25) is 14.4 Å². The number of benzene rings is 2. The minimum absolute atomic E-state index is 0.0188. The number of alkyl halides is 3. The van der Waals surface area contributed by atoms with Crippen molar-refractivity contribution in [1.82, 2.24) is 10.6 Å². The van der Waals surface area contributed by atoms with E-state index in [9.17, 15) is 27.6 Å². The number of fused-ring (bicyclic) bond motifs is 3. The number of rotatable bonds is 5. The Hall–Kier alpha value is -3.07. The number of halogens is 4. The van der Waals surface area contributed by atoms with Crippen LogP contribution in [0.25, 0.3) is 0 Å². The second-order valence-corrected chi connectivity index (χ2v) is 10.2. The van der Waals surface area contributed by atoms with Gasteiger partial charge in [0.1, 0.15) is 5.75 Å². The van der Waals surface area contributed by atoms with Crippen molar-refractivity contribution in [3.63, 3.8) is 0 Å². The molecule has 2 amide bonds. The van der Waals surface area contributed by atoms with Crippen LogP contribution < -0.4 is 15.4 Å². The molecule has 36 heavy (non-hydrogen) atoms. The van der Waals surface area contributed by atoms with E-state index in [4.69, 9.17) is 16.3 Å². The fraction of sp³-hybridized carbons (Fsp3) is 0.423. The number of hydrogen-bond donors (Lipinski definition) is 2. The van der Waals surface area contributed by atoms with Gasteiger partial charge >= 0.3 is 6.18 Å². The van der Waals surface area contributed by atoms with Crippen molar-refractivity contribution >= 4 is 29.2 Å². The quantitative estimate of drug-likeness (QED) is 0.601. The Balaban J connectivity index is 1.11. The smallest absolute Gasteiger partial charge is 0.416 e. The lowest BCUT2D eigenvalue weighted by molar-refractivity contribution is -0.137. The third kappa shape index (κ3) is 4.93.